The van der Waals surface area contributed by atoms with Gasteiger partial charge in [0, 0.05) is 24.6 Å². The number of nitrogens with zero attached hydrogens (tertiary/aromatic N) is 2. The lowest BCUT2D eigenvalue weighted by atomic mass is 10.0. The maximum atomic E-state index is 13.5. The van der Waals surface area contributed by atoms with E-state index in [-0.39, 0.29) is 24.2 Å². The van der Waals surface area contributed by atoms with Crippen LogP contribution in [0.5, 0.6) is 0 Å². The summed E-state index contributed by atoms with van der Waals surface area (Å²) in [5.41, 5.74) is 0.466. The first-order valence-corrected chi connectivity index (χ1v) is 8.14. The fourth-order valence-corrected chi connectivity index (χ4v) is 4.23. The predicted octanol–water partition coefficient (Wildman–Crippen LogP) is 2.89. The van der Waals surface area contributed by atoms with Gasteiger partial charge in [-0.25, -0.2) is 13.8 Å². The molecule has 1 saturated carbocycles. The fraction of sp³-hybridized carbons (Fsp3) is 0.529. The zero-order valence-electron chi connectivity index (χ0n) is 13.1. The average Bonchev–Trinajstić information content (AvgIpc) is 3.20. The van der Waals surface area contributed by atoms with E-state index in [0.29, 0.717) is 23.8 Å². The third-order valence-corrected chi connectivity index (χ3v) is 5.33. The monoisotopic (exact) mass is 355 g/mol. The molecule has 4 rings (SSSR count). The molecule has 24 heavy (non-hydrogen) atoms. The van der Waals surface area contributed by atoms with Crippen molar-refractivity contribution in [3.63, 3.8) is 0 Å². The van der Waals surface area contributed by atoms with Crippen molar-refractivity contribution >= 4 is 24.5 Å². The quantitative estimate of drug-likeness (QED) is 0.886. The van der Waals surface area contributed by atoms with Crippen molar-refractivity contribution in [3.8, 4) is 0 Å². The van der Waals surface area contributed by atoms with Crippen LogP contribution >= 0.6 is 12.4 Å². The van der Waals surface area contributed by atoms with Crippen molar-refractivity contribution in [2.24, 2.45) is 22.9 Å². The summed E-state index contributed by atoms with van der Waals surface area (Å²) < 4.78 is 27.0. The Kier molecular flexibility index (Phi) is 4.88. The summed E-state index contributed by atoms with van der Waals surface area (Å²) in [6, 6.07) is 3.02. The van der Waals surface area contributed by atoms with E-state index in [2.05, 4.69) is 10.4 Å². The van der Waals surface area contributed by atoms with Crippen molar-refractivity contribution < 1.29 is 13.6 Å². The van der Waals surface area contributed by atoms with Crippen molar-refractivity contribution in [1.29, 1.82) is 0 Å². The summed E-state index contributed by atoms with van der Waals surface area (Å²) in [6.45, 7) is 1.96. The Morgan fingerprint density at radius 1 is 1.12 bits per heavy atom. The number of amides is 1. The number of benzene rings is 1. The number of carbonyl (C=O) groups excluding carboxylic acids is 1. The van der Waals surface area contributed by atoms with Gasteiger partial charge < -0.3 is 5.32 Å². The van der Waals surface area contributed by atoms with E-state index in [1.165, 1.54) is 17.1 Å². The molecule has 1 aliphatic carbocycles. The van der Waals surface area contributed by atoms with Crippen LogP contribution in [-0.2, 0) is 4.79 Å². The zero-order chi connectivity index (χ0) is 16.0. The molecule has 2 unspecified atom stereocenters. The Hall–Kier alpha value is -1.53. The van der Waals surface area contributed by atoms with Gasteiger partial charge in [-0.05, 0) is 55.5 Å². The van der Waals surface area contributed by atoms with E-state index in [1.54, 1.807) is 6.21 Å². The van der Waals surface area contributed by atoms with Gasteiger partial charge in [-0.1, -0.05) is 0 Å². The van der Waals surface area contributed by atoms with E-state index in [0.717, 1.165) is 32.0 Å². The molecule has 0 radical (unpaired) electrons. The van der Waals surface area contributed by atoms with E-state index in [9.17, 15) is 13.6 Å². The third kappa shape index (κ3) is 3.05. The second kappa shape index (κ2) is 6.76. The SMILES string of the molecule is Cl.O=C(C1C[C@H]2CNC[C@H]2C1)N1N=CCC1c1cc(F)cc(F)c1. The molecule has 4 nitrogen and oxygen atoms in total. The molecule has 3 aliphatic rings. The molecule has 1 N–H and O–H groups in total. The molecule has 130 valence electrons. The molecular formula is C17H20ClF2N3O. The van der Waals surface area contributed by atoms with Crippen LogP contribution in [0.1, 0.15) is 30.9 Å². The molecule has 1 amide bonds. The first-order valence-electron chi connectivity index (χ1n) is 8.14. The van der Waals surface area contributed by atoms with Gasteiger partial charge >= 0.3 is 0 Å². The first-order chi connectivity index (χ1) is 11.1. The standard InChI is InChI=1S/C17H19F2N3O.ClH/c18-14-5-10(6-15(19)7-14)16-1-2-21-22(16)17(23)11-3-12-8-20-9-13(12)4-11;/h2,5-7,11-13,16,20H,1,3-4,8-9H2;1H/t11?,12-,13+,16?;. The van der Waals surface area contributed by atoms with Crippen molar-refractivity contribution in [3.05, 3.63) is 35.4 Å². The summed E-state index contributed by atoms with van der Waals surface area (Å²) in [5, 5.41) is 8.99. The number of carbonyl (C=O) groups is 1. The third-order valence-electron chi connectivity index (χ3n) is 5.33. The summed E-state index contributed by atoms with van der Waals surface area (Å²) in [5.74, 6) is -0.145. The molecule has 7 heteroatoms. The van der Waals surface area contributed by atoms with Gasteiger partial charge in [-0.3, -0.25) is 4.79 Å². The summed E-state index contributed by atoms with van der Waals surface area (Å²) in [6.07, 6.45) is 3.91. The first kappa shape index (κ1) is 17.3. The van der Waals surface area contributed by atoms with Crippen LogP contribution in [0.4, 0.5) is 8.78 Å². The summed E-state index contributed by atoms with van der Waals surface area (Å²) >= 11 is 0. The number of nitrogens with one attached hydrogen (secondary N) is 1. The summed E-state index contributed by atoms with van der Waals surface area (Å²) in [7, 11) is 0. The Balaban J connectivity index is 0.00000169. The number of halogens is 3. The maximum absolute atomic E-state index is 13.5. The lowest BCUT2D eigenvalue weighted by Gasteiger charge is -2.25. The molecule has 0 spiro atoms. The Labute approximate surface area is 145 Å². The minimum atomic E-state index is -0.624. The number of rotatable bonds is 2. The maximum Gasteiger partial charge on any atom is 0.246 e. The highest BCUT2D eigenvalue weighted by Gasteiger charge is 2.43. The molecule has 1 aromatic rings. The molecule has 2 heterocycles. The fourth-order valence-electron chi connectivity index (χ4n) is 4.23. The van der Waals surface area contributed by atoms with Crippen LogP contribution < -0.4 is 5.32 Å². The Morgan fingerprint density at radius 3 is 2.38 bits per heavy atom. The lowest BCUT2D eigenvalue weighted by molar-refractivity contribution is -0.137. The highest BCUT2D eigenvalue weighted by atomic mass is 35.5. The van der Waals surface area contributed by atoms with Crippen molar-refractivity contribution in [1.82, 2.24) is 10.3 Å². The highest BCUT2D eigenvalue weighted by molar-refractivity contribution is 5.85. The van der Waals surface area contributed by atoms with Gasteiger partial charge in [-0.2, -0.15) is 5.10 Å². The van der Waals surface area contributed by atoms with Gasteiger partial charge in [0.25, 0.3) is 0 Å². The van der Waals surface area contributed by atoms with E-state index in [4.69, 9.17) is 0 Å². The average molecular weight is 356 g/mol. The number of hydrazone groups is 1. The molecule has 0 bridgehead atoms. The van der Waals surface area contributed by atoms with Gasteiger partial charge in [0.05, 0.1) is 6.04 Å². The molecular weight excluding hydrogens is 336 g/mol. The molecule has 1 aromatic carbocycles. The Bertz CT molecular complexity index is 637. The largest absolute Gasteiger partial charge is 0.316 e. The molecule has 4 atom stereocenters. The number of hydrogen-bond donors (Lipinski definition) is 1. The smallest absolute Gasteiger partial charge is 0.246 e. The van der Waals surface area contributed by atoms with Crippen LogP contribution in [0.3, 0.4) is 0 Å². The van der Waals surface area contributed by atoms with Crippen LogP contribution in [-0.4, -0.2) is 30.2 Å². The molecule has 1 saturated heterocycles. The molecule has 2 aliphatic heterocycles. The summed E-state index contributed by atoms with van der Waals surface area (Å²) in [4.78, 5) is 12.8. The van der Waals surface area contributed by atoms with Gasteiger partial charge in [0.15, 0.2) is 0 Å². The van der Waals surface area contributed by atoms with Crippen LogP contribution in [0.15, 0.2) is 23.3 Å². The van der Waals surface area contributed by atoms with Crippen LogP contribution in [0.25, 0.3) is 0 Å². The topological polar surface area (TPSA) is 44.7 Å². The normalized spacial score (nSPS) is 31.2. The van der Waals surface area contributed by atoms with Gasteiger partial charge in [-0.15, -0.1) is 12.4 Å². The van der Waals surface area contributed by atoms with Gasteiger partial charge in [0.2, 0.25) is 5.91 Å². The predicted molar refractivity (Wildman–Crippen MR) is 88.9 cm³/mol. The minimum Gasteiger partial charge on any atom is -0.316 e. The van der Waals surface area contributed by atoms with Crippen molar-refractivity contribution in [2.45, 2.75) is 25.3 Å². The zero-order valence-corrected chi connectivity index (χ0v) is 13.9. The van der Waals surface area contributed by atoms with Crippen LogP contribution in [0, 0.1) is 29.4 Å². The van der Waals surface area contributed by atoms with Gasteiger partial charge in [0.1, 0.15) is 11.6 Å². The second-order valence-electron chi connectivity index (χ2n) is 6.78. The minimum absolute atomic E-state index is 0. The highest BCUT2D eigenvalue weighted by Crippen LogP contribution is 2.41. The number of hydrogen-bond acceptors (Lipinski definition) is 3. The van der Waals surface area contributed by atoms with Crippen molar-refractivity contribution in [2.75, 3.05) is 13.1 Å². The molecule has 0 aromatic heterocycles. The number of fused-ring (bicyclic) bond motifs is 1. The van der Waals surface area contributed by atoms with E-state index in [1.807, 2.05) is 0 Å². The van der Waals surface area contributed by atoms with Crippen LogP contribution in [0.2, 0.25) is 0 Å². The molecule has 2 fully saturated rings. The Morgan fingerprint density at radius 2 is 1.75 bits per heavy atom. The lowest BCUT2D eigenvalue weighted by Crippen LogP contribution is -2.33. The second-order valence-corrected chi connectivity index (χ2v) is 6.78. The van der Waals surface area contributed by atoms with E-state index < -0.39 is 17.7 Å². The van der Waals surface area contributed by atoms with E-state index >= 15 is 0 Å².